The molecular formula is C19H27N5O. The molecule has 25 heavy (non-hydrogen) atoms. The molecule has 6 nitrogen and oxygen atoms in total. The maximum atomic E-state index is 5.40. The first-order chi connectivity index (χ1) is 12.3. The highest BCUT2D eigenvalue weighted by Gasteiger charge is 2.36. The van der Waals surface area contributed by atoms with Crippen molar-refractivity contribution in [3.63, 3.8) is 0 Å². The number of hydrogen-bond acceptors (Lipinski definition) is 5. The molecule has 4 rings (SSSR count). The molecule has 0 spiro atoms. The van der Waals surface area contributed by atoms with Gasteiger partial charge in [-0.1, -0.05) is 12.1 Å². The van der Waals surface area contributed by atoms with Crippen LogP contribution in [0.15, 0.2) is 36.8 Å². The molecule has 3 N–H and O–H groups in total. The van der Waals surface area contributed by atoms with Gasteiger partial charge in [0.1, 0.15) is 5.75 Å². The Morgan fingerprint density at radius 2 is 2.16 bits per heavy atom. The number of likely N-dealkylation sites (tertiary alicyclic amines) is 1. The quantitative estimate of drug-likeness (QED) is 0.775. The topological polar surface area (TPSA) is 65.2 Å². The van der Waals surface area contributed by atoms with Crippen molar-refractivity contribution in [3.05, 3.63) is 48.0 Å². The van der Waals surface area contributed by atoms with E-state index >= 15 is 0 Å². The number of aromatic nitrogens is 2. The monoisotopic (exact) mass is 341 g/mol. The molecule has 2 unspecified atom stereocenters. The van der Waals surface area contributed by atoms with E-state index < -0.39 is 0 Å². The first kappa shape index (κ1) is 16.6. The molecule has 0 aliphatic carbocycles. The van der Waals surface area contributed by atoms with Crippen molar-refractivity contribution >= 4 is 0 Å². The molecule has 2 aromatic rings. The van der Waals surface area contributed by atoms with E-state index in [4.69, 9.17) is 4.74 Å². The van der Waals surface area contributed by atoms with Crippen LogP contribution in [0, 0.1) is 5.92 Å². The summed E-state index contributed by atoms with van der Waals surface area (Å²) in [6.45, 7) is 4.24. The van der Waals surface area contributed by atoms with E-state index in [1.807, 2.05) is 12.3 Å². The minimum atomic E-state index is 0.487. The van der Waals surface area contributed by atoms with Gasteiger partial charge in [-0.05, 0) is 49.5 Å². The number of H-pyrrole nitrogens is 1. The largest absolute Gasteiger partial charge is 0.497 e. The van der Waals surface area contributed by atoms with E-state index in [0.717, 1.165) is 31.9 Å². The number of benzene rings is 1. The van der Waals surface area contributed by atoms with Gasteiger partial charge in [0.05, 0.1) is 13.4 Å². The molecule has 0 radical (unpaired) electrons. The number of piperidine rings is 1. The van der Waals surface area contributed by atoms with Crippen LogP contribution in [0.3, 0.4) is 0 Å². The predicted molar refractivity (Wildman–Crippen MR) is 97.3 cm³/mol. The van der Waals surface area contributed by atoms with Crippen molar-refractivity contribution in [3.8, 4) is 5.75 Å². The molecule has 3 heterocycles. The van der Waals surface area contributed by atoms with Crippen molar-refractivity contribution in [1.82, 2.24) is 25.7 Å². The summed E-state index contributed by atoms with van der Waals surface area (Å²) in [5.41, 5.74) is 9.50. The zero-order valence-electron chi connectivity index (χ0n) is 14.7. The zero-order valence-corrected chi connectivity index (χ0v) is 14.7. The fourth-order valence-electron chi connectivity index (χ4n) is 4.24. The van der Waals surface area contributed by atoms with Gasteiger partial charge < -0.3 is 9.72 Å². The van der Waals surface area contributed by atoms with Crippen LogP contribution in [0.4, 0.5) is 0 Å². The molecular weight excluding hydrogens is 314 g/mol. The van der Waals surface area contributed by atoms with Gasteiger partial charge in [0, 0.05) is 36.9 Å². The summed E-state index contributed by atoms with van der Waals surface area (Å²) in [7, 11) is 1.73. The third-order valence-corrected chi connectivity index (χ3v) is 5.64. The van der Waals surface area contributed by atoms with Crippen LogP contribution in [0.2, 0.25) is 0 Å². The summed E-state index contributed by atoms with van der Waals surface area (Å²) in [4.78, 5) is 9.84. The SMILES string of the molecule is COc1cccc(C2CNNC2C2CCN(Cc3cnc[nH]3)CC2)c1. The number of methoxy groups -OCH3 is 1. The minimum Gasteiger partial charge on any atom is -0.497 e. The summed E-state index contributed by atoms with van der Waals surface area (Å²) in [5, 5.41) is 0. The van der Waals surface area contributed by atoms with Crippen LogP contribution in [-0.4, -0.2) is 47.7 Å². The van der Waals surface area contributed by atoms with E-state index in [2.05, 4.69) is 43.9 Å². The van der Waals surface area contributed by atoms with Gasteiger partial charge in [-0.25, -0.2) is 4.98 Å². The molecule has 134 valence electrons. The summed E-state index contributed by atoms with van der Waals surface area (Å²) < 4.78 is 5.40. The molecule has 0 bridgehead atoms. The smallest absolute Gasteiger partial charge is 0.119 e. The number of aromatic amines is 1. The van der Waals surface area contributed by atoms with E-state index in [-0.39, 0.29) is 0 Å². The van der Waals surface area contributed by atoms with Crippen LogP contribution in [0.1, 0.15) is 30.0 Å². The standard InChI is InChI=1S/C19H27N5O/c1-25-17-4-2-3-15(9-17)18-11-22-23-19(18)14-5-7-24(8-6-14)12-16-10-20-13-21-16/h2-4,9-10,13-14,18-19,22-23H,5-8,11-12H2,1H3,(H,20,21). The number of nitrogens with one attached hydrogen (secondary N) is 3. The van der Waals surface area contributed by atoms with Crippen LogP contribution >= 0.6 is 0 Å². The average molecular weight is 341 g/mol. The van der Waals surface area contributed by atoms with Gasteiger partial charge in [-0.3, -0.25) is 15.8 Å². The molecule has 0 saturated carbocycles. The molecule has 2 fully saturated rings. The van der Waals surface area contributed by atoms with Crippen molar-refractivity contribution in [2.45, 2.75) is 31.3 Å². The normalized spacial score (nSPS) is 25.3. The third-order valence-electron chi connectivity index (χ3n) is 5.64. The fraction of sp³-hybridized carbons (Fsp3) is 0.526. The van der Waals surface area contributed by atoms with Crippen molar-refractivity contribution in [2.75, 3.05) is 26.7 Å². The second-order valence-electron chi connectivity index (χ2n) is 7.12. The first-order valence-electron chi connectivity index (χ1n) is 9.15. The summed E-state index contributed by atoms with van der Waals surface area (Å²) >= 11 is 0. The van der Waals surface area contributed by atoms with E-state index in [9.17, 15) is 0 Å². The number of hydrazine groups is 1. The van der Waals surface area contributed by atoms with Gasteiger partial charge in [0.15, 0.2) is 0 Å². The summed E-state index contributed by atoms with van der Waals surface area (Å²) in [6.07, 6.45) is 6.14. The zero-order chi connectivity index (χ0) is 17.1. The highest BCUT2D eigenvalue weighted by Crippen LogP contribution is 2.33. The maximum absolute atomic E-state index is 5.40. The lowest BCUT2D eigenvalue weighted by Gasteiger charge is -2.36. The number of hydrogen-bond donors (Lipinski definition) is 3. The third kappa shape index (κ3) is 3.71. The predicted octanol–water partition coefficient (Wildman–Crippen LogP) is 1.89. The number of nitrogens with zero attached hydrogens (tertiary/aromatic N) is 2. The molecule has 1 aromatic heterocycles. The Labute approximate surface area is 148 Å². The van der Waals surface area contributed by atoms with Gasteiger partial charge in [0.2, 0.25) is 0 Å². The maximum Gasteiger partial charge on any atom is 0.119 e. The van der Waals surface area contributed by atoms with Crippen molar-refractivity contribution < 1.29 is 4.74 Å². The molecule has 2 aliphatic heterocycles. The van der Waals surface area contributed by atoms with Crippen LogP contribution in [-0.2, 0) is 6.54 Å². The Kier molecular flexibility index (Phi) is 5.01. The first-order valence-corrected chi connectivity index (χ1v) is 9.15. The Balaban J connectivity index is 1.38. The van der Waals surface area contributed by atoms with Crippen molar-refractivity contribution in [1.29, 1.82) is 0 Å². The Morgan fingerprint density at radius 3 is 2.92 bits per heavy atom. The van der Waals surface area contributed by atoms with E-state index in [1.54, 1.807) is 13.4 Å². The Bertz CT molecular complexity index is 666. The van der Waals surface area contributed by atoms with Gasteiger partial charge >= 0.3 is 0 Å². The lowest BCUT2D eigenvalue weighted by molar-refractivity contribution is 0.150. The number of imidazole rings is 1. The molecule has 6 heteroatoms. The van der Waals surface area contributed by atoms with Crippen LogP contribution in [0.5, 0.6) is 5.75 Å². The van der Waals surface area contributed by atoms with Crippen LogP contribution in [0.25, 0.3) is 0 Å². The van der Waals surface area contributed by atoms with Gasteiger partial charge in [-0.15, -0.1) is 0 Å². The Hall–Kier alpha value is -1.89. The second-order valence-corrected chi connectivity index (χ2v) is 7.12. The fourth-order valence-corrected chi connectivity index (χ4v) is 4.24. The summed E-state index contributed by atoms with van der Waals surface area (Å²) in [6, 6.07) is 9.00. The highest BCUT2D eigenvalue weighted by molar-refractivity contribution is 5.32. The Morgan fingerprint density at radius 1 is 1.28 bits per heavy atom. The molecule has 2 aliphatic rings. The van der Waals surface area contributed by atoms with Gasteiger partial charge in [-0.2, -0.15) is 0 Å². The molecule has 2 atom stereocenters. The second kappa shape index (κ2) is 7.56. The molecule has 2 saturated heterocycles. The summed E-state index contributed by atoms with van der Waals surface area (Å²) in [5.74, 6) is 2.14. The lowest BCUT2D eigenvalue weighted by Crippen LogP contribution is -2.44. The molecule has 0 amide bonds. The minimum absolute atomic E-state index is 0.487. The molecule has 1 aromatic carbocycles. The highest BCUT2D eigenvalue weighted by atomic mass is 16.5. The van der Waals surface area contributed by atoms with Crippen LogP contribution < -0.4 is 15.6 Å². The van der Waals surface area contributed by atoms with E-state index in [1.165, 1.54) is 24.1 Å². The lowest BCUT2D eigenvalue weighted by atomic mass is 9.80. The van der Waals surface area contributed by atoms with Crippen molar-refractivity contribution in [2.24, 2.45) is 5.92 Å². The van der Waals surface area contributed by atoms with E-state index in [0.29, 0.717) is 17.9 Å². The van der Waals surface area contributed by atoms with Gasteiger partial charge in [0.25, 0.3) is 0 Å². The number of rotatable bonds is 5. The average Bonchev–Trinajstić information content (AvgIpc) is 3.34. The number of ether oxygens (including phenoxy) is 1.